The molecule has 0 unspecified atom stereocenters. The van der Waals surface area contributed by atoms with Crippen molar-refractivity contribution in [1.29, 1.82) is 0 Å². The average molecular weight is 343 g/mol. The molecular formula is C19H25N3O3. The molecule has 0 aromatic carbocycles. The number of likely N-dealkylation sites (tertiary alicyclic amines) is 1. The summed E-state index contributed by atoms with van der Waals surface area (Å²) in [5.74, 6) is -0.127. The lowest BCUT2D eigenvalue weighted by Gasteiger charge is -2.23. The number of fused-ring (bicyclic) bond motifs is 1. The summed E-state index contributed by atoms with van der Waals surface area (Å²) in [4.78, 5) is 34.4. The van der Waals surface area contributed by atoms with Crippen LogP contribution in [0.4, 0.5) is 0 Å². The second kappa shape index (κ2) is 6.86. The van der Waals surface area contributed by atoms with Gasteiger partial charge in [0.25, 0.3) is 5.91 Å². The predicted molar refractivity (Wildman–Crippen MR) is 95.5 cm³/mol. The van der Waals surface area contributed by atoms with Gasteiger partial charge in [0, 0.05) is 12.7 Å². The third-order valence-electron chi connectivity index (χ3n) is 4.52. The van der Waals surface area contributed by atoms with Crippen molar-refractivity contribution in [2.75, 3.05) is 6.54 Å². The van der Waals surface area contributed by atoms with E-state index < -0.39 is 6.04 Å². The number of aromatic amines is 1. The van der Waals surface area contributed by atoms with E-state index in [4.69, 9.17) is 4.74 Å². The van der Waals surface area contributed by atoms with Crippen molar-refractivity contribution < 1.29 is 14.3 Å². The number of pyridine rings is 1. The average Bonchev–Trinajstić information content (AvgIpc) is 3.19. The van der Waals surface area contributed by atoms with Crippen LogP contribution in [0.15, 0.2) is 18.3 Å². The van der Waals surface area contributed by atoms with Crippen molar-refractivity contribution in [2.45, 2.75) is 58.6 Å². The minimum Gasteiger partial charge on any atom is -0.461 e. The first kappa shape index (κ1) is 17.5. The van der Waals surface area contributed by atoms with Gasteiger partial charge in [-0.25, -0.2) is 4.79 Å². The third-order valence-corrected chi connectivity index (χ3v) is 4.52. The molecule has 1 N–H and O–H groups in total. The fourth-order valence-corrected chi connectivity index (χ4v) is 3.18. The quantitative estimate of drug-likeness (QED) is 0.865. The molecule has 6 heteroatoms. The fraction of sp³-hybridized carbons (Fsp3) is 0.526. The molecule has 1 aliphatic heterocycles. The molecule has 0 aliphatic carbocycles. The number of ether oxygens (including phenoxy) is 1. The zero-order valence-electron chi connectivity index (χ0n) is 15.2. The molecule has 2 aromatic heterocycles. The summed E-state index contributed by atoms with van der Waals surface area (Å²) in [6.07, 6.45) is 3.11. The van der Waals surface area contributed by atoms with Gasteiger partial charge in [-0.3, -0.25) is 9.78 Å². The van der Waals surface area contributed by atoms with Crippen LogP contribution < -0.4 is 0 Å². The van der Waals surface area contributed by atoms with Crippen LogP contribution in [-0.4, -0.2) is 45.4 Å². The molecule has 3 rings (SSSR count). The molecule has 134 valence electrons. The SMILES string of the molecule is CC(C)OC(=O)[C@@H]1CCCN1C(=O)c1cc2ncc(C(C)C)cc2[nH]1. The highest BCUT2D eigenvalue weighted by Crippen LogP contribution is 2.24. The van der Waals surface area contributed by atoms with E-state index in [1.807, 2.05) is 26.1 Å². The maximum Gasteiger partial charge on any atom is 0.329 e. The smallest absolute Gasteiger partial charge is 0.329 e. The molecule has 25 heavy (non-hydrogen) atoms. The number of carbonyl (C=O) groups is 2. The Labute approximate surface area is 147 Å². The van der Waals surface area contributed by atoms with E-state index in [9.17, 15) is 9.59 Å². The number of H-pyrrole nitrogens is 1. The first-order chi connectivity index (χ1) is 11.9. The summed E-state index contributed by atoms with van der Waals surface area (Å²) >= 11 is 0. The van der Waals surface area contributed by atoms with Crippen LogP contribution in [0, 0.1) is 0 Å². The van der Waals surface area contributed by atoms with Crippen LogP contribution >= 0.6 is 0 Å². The summed E-state index contributed by atoms with van der Waals surface area (Å²) < 4.78 is 5.30. The molecule has 1 fully saturated rings. The van der Waals surface area contributed by atoms with Gasteiger partial charge in [0.2, 0.25) is 0 Å². The summed E-state index contributed by atoms with van der Waals surface area (Å²) in [7, 11) is 0. The number of nitrogens with one attached hydrogen (secondary N) is 1. The summed E-state index contributed by atoms with van der Waals surface area (Å²) in [5, 5.41) is 0. The number of esters is 1. The lowest BCUT2D eigenvalue weighted by Crippen LogP contribution is -2.42. The van der Waals surface area contributed by atoms with Crippen molar-refractivity contribution in [3.8, 4) is 0 Å². The van der Waals surface area contributed by atoms with Crippen LogP contribution in [0.5, 0.6) is 0 Å². The van der Waals surface area contributed by atoms with Crippen LogP contribution in [0.25, 0.3) is 11.0 Å². The van der Waals surface area contributed by atoms with Gasteiger partial charge in [0.05, 0.1) is 17.1 Å². The van der Waals surface area contributed by atoms with Crippen molar-refractivity contribution in [2.24, 2.45) is 0 Å². The van der Waals surface area contributed by atoms with E-state index in [1.54, 1.807) is 11.0 Å². The molecule has 6 nitrogen and oxygen atoms in total. The minimum atomic E-state index is -0.500. The van der Waals surface area contributed by atoms with Gasteiger partial charge in [0.1, 0.15) is 11.7 Å². The molecule has 1 atom stereocenters. The normalized spacial score (nSPS) is 17.7. The van der Waals surface area contributed by atoms with Gasteiger partial charge >= 0.3 is 5.97 Å². The number of rotatable bonds is 4. The second-order valence-corrected chi connectivity index (χ2v) is 7.18. The van der Waals surface area contributed by atoms with Crippen LogP contribution in [-0.2, 0) is 9.53 Å². The Hall–Kier alpha value is -2.37. The maximum absolute atomic E-state index is 12.9. The first-order valence-corrected chi connectivity index (χ1v) is 8.87. The maximum atomic E-state index is 12.9. The zero-order valence-corrected chi connectivity index (χ0v) is 15.2. The third kappa shape index (κ3) is 3.52. The topological polar surface area (TPSA) is 75.3 Å². The van der Waals surface area contributed by atoms with Crippen molar-refractivity contribution in [1.82, 2.24) is 14.9 Å². The molecule has 2 aromatic rings. The monoisotopic (exact) mass is 343 g/mol. The molecular weight excluding hydrogens is 318 g/mol. The van der Waals surface area contributed by atoms with E-state index in [1.165, 1.54) is 0 Å². The number of hydrogen-bond acceptors (Lipinski definition) is 4. The fourth-order valence-electron chi connectivity index (χ4n) is 3.18. The van der Waals surface area contributed by atoms with E-state index in [2.05, 4.69) is 23.8 Å². The number of aromatic nitrogens is 2. The Morgan fingerprint density at radius 2 is 2.04 bits per heavy atom. The van der Waals surface area contributed by atoms with Crippen LogP contribution in [0.1, 0.15) is 62.5 Å². The number of carbonyl (C=O) groups excluding carboxylic acids is 2. The minimum absolute atomic E-state index is 0.174. The molecule has 0 spiro atoms. The largest absolute Gasteiger partial charge is 0.461 e. The molecule has 0 bridgehead atoms. The van der Waals surface area contributed by atoms with Gasteiger partial charge in [-0.15, -0.1) is 0 Å². The van der Waals surface area contributed by atoms with Crippen molar-refractivity contribution in [3.63, 3.8) is 0 Å². The number of amides is 1. The lowest BCUT2D eigenvalue weighted by molar-refractivity contribution is -0.151. The highest BCUT2D eigenvalue weighted by atomic mass is 16.5. The van der Waals surface area contributed by atoms with Crippen molar-refractivity contribution in [3.05, 3.63) is 29.6 Å². The Morgan fingerprint density at radius 1 is 1.28 bits per heavy atom. The highest BCUT2D eigenvalue weighted by molar-refractivity contribution is 5.99. The Bertz CT molecular complexity index is 794. The molecule has 0 radical (unpaired) electrons. The number of hydrogen-bond donors (Lipinski definition) is 1. The molecule has 0 saturated carbocycles. The second-order valence-electron chi connectivity index (χ2n) is 7.18. The number of nitrogens with zero attached hydrogens (tertiary/aromatic N) is 2. The van der Waals surface area contributed by atoms with Gasteiger partial charge in [0.15, 0.2) is 0 Å². The lowest BCUT2D eigenvalue weighted by atomic mass is 10.1. The van der Waals surface area contributed by atoms with Gasteiger partial charge < -0.3 is 14.6 Å². The molecule has 3 heterocycles. The van der Waals surface area contributed by atoms with E-state index in [-0.39, 0.29) is 18.0 Å². The van der Waals surface area contributed by atoms with E-state index >= 15 is 0 Å². The summed E-state index contributed by atoms with van der Waals surface area (Å²) in [6, 6.07) is 3.28. The first-order valence-electron chi connectivity index (χ1n) is 8.87. The summed E-state index contributed by atoms with van der Waals surface area (Å²) in [5.41, 5.74) is 3.18. The Morgan fingerprint density at radius 3 is 2.72 bits per heavy atom. The van der Waals surface area contributed by atoms with E-state index in [0.717, 1.165) is 23.0 Å². The zero-order chi connectivity index (χ0) is 18.1. The molecule has 1 amide bonds. The Kier molecular flexibility index (Phi) is 4.79. The van der Waals surface area contributed by atoms with Crippen LogP contribution in [0.2, 0.25) is 0 Å². The predicted octanol–water partition coefficient (Wildman–Crippen LogP) is 3.24. The molecule has 1 saturated heterocycles. The highest BCUT2D eigenvalue weighted by Gasteiger charge is 2.36. The summed E-state index contributed by atoms with van der Waals surface area (Å²) in [6.45, 7) is 8.40. The van der Waals surface area contributed by atoms with Gasteiger partial charge in [-0.05, 0) is 50.3 Å². The van der Waals surface area contributed by atoms with Gasteiger partial charge in [-0.1, -0.05) is 13.8 Å². The standard InChI is InChI=1S/C19H25N3O3/c1-11(2)13-8-15-14(20-10-13)9-16(21-15)18(23)22-7-5-6-17(22)19(24)25-12(3)4/h8-12,17,21H,5-7H2,1-4H3/t17-/m0/s1. The van der Waals surface area contributed by atoms with Crippen LogP contribution in [0.3, 0.4) is 0 Å². The molecule has 1 aliphatic rings. The van der Waals surface area contributed by atoms with E-state index in [0.29, 0.717) is 24.6 Å². The van der Waals surface area contributed by atoms with Crippen molar-refractivity contribution >= 4 is 22.9 Å². The van der Waals surface area contributed by atoms with Gasteiger partial charge in [-0.2, -0.15) is 0 Å². The Balaban J connectivity index is 1.84.